The number of hydrogen-bond acceptors (Lipinski definition) is 3. The monoisotopic (exact) mass is 321 g/mol. The minimum Gasteiger partial charge on any atom is -0.494 e. The summed E-state index contributed by atoms with van der Waals surface area (Å²) in [6, 6.07) is 16.5. The zero-order valence-electron chi connectivity index (χ0n) is 14.4. The summed E-state index contributed by atoms with van der Waals surface area (Å²) in [5, 5.41) is 4.70. The highest BCUT2D eigenvalue weighted by atomic mass is 16.5. The summed E-state index contributed by atoms with van der Waals surface area (Å²) < 4.78 is 7.52. The summed E-state index contributed by atoms with van der Waals surface area (Å²) in [5.41, 5.74) is 12.3. The van der Waals surface area contributed by atoms with Crippen molar-refractivity contribution in [2.45, 2.75) is 27.3 Å². The van der Waals surface area contributed by atoms with E-state index in [4.69, 9.17) is 15.6 Å². The van der Waals surface area contributed by atoms with E-state index in [1.165, 1.54) is 11.1 Å². The maximum atomic E-state index is 5.82. The van der Waals surface area contributed by atoms with Gasteiger partial charge in [-0.2, -0.15) is 5.10 Å². The van der Waals surface area contributed by atoms with Gasteiger partial charge in [-0.05, 0) is 68.3 Å². The van der Waals surface area contributed by atoms with E-state index in [9.17, 15) is 0 Å². The second-order valence-electron chi connectivity index (χ2n) is 5.88. The molecule has 24 heavy (non-hydrogen) atoms. The Morgan fingerprint density at radius 1 is 1.04 bits per heavy atom. The van der Waals surface area contributed by atoms with Gasteiger partial charge in [-0.25, -0.2) is 4.68 Å². The molecule has 1 aromatic heterocycles. The highest BCUT2D eigenvalue weighted by Gasteiger charge is 2.13. The smallest absolute Gasteiger partial charge is 0.119 e. The van der Waals surface area contributed by atoms with Gasteiger partial charge in [-0.3, -0.25) is 0 Å². The minimum absolute atomic E-state index is 0.419. The predicted molar refractivity (Wildman–Crippen MR) is 97.5 cm³/mol. The lowest BCUT2D eigenvalue weighted by atomic mass is 10.1. The molecule has 2 N–H and O–H groups in total. The fourth-order valence-corrected chi connectivity index (χ4v) is 2.76. The van der Waals surface area contributed by atoms with Gasteiger partial charge >= 0.3 is 0 Å². The Hall–Kier alpha value is -2.59. The van der Waals surface area contributed by atoms with Gasteiger partial charge in [0.1, 0.15) is 5.75 Å². The maximum absolute atomic E-state index is 5.82. The van der Waals surface area contributed by atoms with E-state index in [-0.39, 0.29) is 0 Å². The molecule has 0 bridgehead atoms. The van der Waals surface area contributed by atoms with Crippen molar-refractivity contribution in [3.05, 3.63) is 65.4 Å². The molecule has 4 heteroatoms. The van der Waals surface area contributed by atoms with Crippen LogP contribution in [0.2, 0.25) is 0 Å². The Balaban J connectivity index is 2.11. The zero-order chi connectivity index (χ0) is 17.1. The molecule has 124 valence electrons. The first-order valence-corrected chi connectivity index (χ1v) is 8.22. The molecule has 0 fully saturated rings. The third kappa shape index (κ3) is 3.19. The van der Waals surface area contributed by atoms with Crippen LogP contribution < -0.4 is 10.5 Å². The van der Waals surface area contributed by atoms with E-state index >= 15 is 0 Å². The van der Waals surface area contributed by atoms with E-state index in [2.05, 4.69) is 50.2 Å². The van der Waals surface area contributed by atoms with E-state index in [0.717, 1.165) is 28.4 Å². The molecule has 0 amide bonds. The third-order valence-corrected chi connectivity index (χ3v) is 4.02. The highest BCUT2D eigenvalue weighted by molar-refractivity contribution is 5.64. The molecular formula is C20H23N3O. The quantitative estimate of drug-likeness (QED) is 0.772. The van der Waals surface area contributed by atoms with Crippen molar-refractivity contribution in [2.75, 3.05) is 6.61 Å². The number of ether oxygens (including phenoxy) is 1. The minimum atomic E-state index is 0.419. The van der Waals surface area contributed by atoms with Crippen molar-refractivity contribution in [2.24, 2.45) is 5.73 Å². The van der Waals surface area contributed by atoms with Crippen molar-refractivity contribution >= 4 is 0 Å². The molecule has 0 aliphatic heterocycles. The van der Waals surface area contributed by atoms with Crippen LogP contribution in [-0.4, -0.2) is 16.4 Å². The Morgan fingerprint density at radius 3 is 2.46 bits per heavy atom. The van der Waals surface area contributed by atoms with E-state index < -0.39 is 0 Å². The van der Waals surface area contributed by atoms with E-state index in [1.807, 2.05) is 23.7 Å². The van der Waals surface area contributed by atoms with Crippen LogP contribution in [0, 0.1) is 13.8 Å². The van der Waals surface area contributed by atoms with Gasteiger partial charge in [0, 0.05) is 12.1 Å². The average molecular weight is 321 g/mol. The van der Waals surface area contributed by atoms with Crippen molar-refractivity contribution in [1.29, 1.82) is 0 Å². The van der Waals surface area contributed by atoms with Gasteiger partial charge in [-0.15, -0.1) is 0 Å². The second kappa shape index (κ2) is 6.89. The maximum Gasteiger partial charge on any atom is 0.119 e. The van der Waals surface area contributed by atoms with Gasteiger partial charge in [-0.1, -0.05) is 12.1 Å². The number of hydrogen-bond donors (Lipinski definition) is 1. The van der Waals surface area contributed by atoms with Gasteiger partial charge in [0.2, 0.25) is 0 Å². The summed E-state index contributed by atoms with van der Waals surface area (Å²) in [7, 11) is 0. The summed E-state index contributed by atoms with van der Waals surface area (Å²) in [6.45, 7) is 7.25. The fraction of sp³-hybridized carbons (Fsp3) is 0.250. The largest absolute Gasteiger partial charge is 0.494 e. The first kappa shape index (κ1) is 16.3. The van der Waals surface area contributed by atoms with Crippen molar-refractivity contribution in [1.82, 2.24) is 9.78 Å². The third-order valence-electron chi connectivity index (χ3n) is 4.02. The van der Waals surface area contributed by atoms with Crippen molar-refractivity contribution < 1.29 is 4.74 Å². The number of aryl methyl sites for hydroxylation is 2. The summed E-state index contributed by atoms with van der Waals surface area (Å²) in [5.74, 6) is 0.873. The molecule has 0 saturated heterocycles. The molecule has 0 saturated carbocycles. The van der Waals surface area contributed by atoms with Crippen LogP contribution in [0.25, 0.3) is 16.9 Å². The van der Waals surface area contributed by atoms with Crippen LogP contribution in [0.4, 0.5) is 0 Å². The van der Waals surface area contributed by atoms with E-state index in [0.29, 0.717) is 13.2 Å². The Kier molecular flexibility index (Phi) is 4.67. The lowest BCUT2D eigenvalue weighted by molar-refractivity contribution is 0.340. The van der Waals surface area contributed by atoms with Crippen molar-refractivity contribution in [3.63, 3.8) is 0 Å². The van der Waals surface area contributed by atoms with Gasteiger partial charge < -0.3 is 10.5 Å². The number of rotatable bonds is 5. The van der Waals surface area contributed by atoms with Crippen LogP contribution >= 0.6 is 0 Å². The Labute approximate surface area is 142 Å². The molecule has 4 nitrogen and oxygen atoms in total. The molecule has 1 heterocycles. The highest BCUT2D eigenvalue weighted by Crippen LogP contribution is 2.27. The second-order valence-corrected chi connectivity index (χ2v) is 5.88. The van der Waals surface area contributed by atoms with Crippen molar-refractivity contribution in [3.8, 4) is 22.7 Å². The topological polar surface area (TPSA) is 53.1 Å². The van der Waals surface area contributed by atoms with Gasteiger partial charge in [0.05, 0.1) is 23.7 Å². The molecule has 3 aromatic rings. The summed E-state index contributed by atoms with van der Waals surface area (Å²) in [4.78, 5) is 0. The van der Waals surface area contributed by atoms with Gasteiger partial charge in [0.15, 0.2) is 0 Å². The summed E-state index contributed by atoms with van der Waals surface area (Å²) >= 11 is 0. The van der Waals surface area contributed by atoms with Crippen LogP contribution in [0.5, 0.6) is 5.75 Å². The molecular weight excluding hydrogens is 298 g/mol. The molecule has 0 spiro atoms. The number of benzene rings is 2. The van der Waals surface area contributed by atoms with E-state index in [1.54, 1.807) is 0 Å². The molecule has 0 unspecified atom stereocenters. The number of nitrogens with zero attached hydrogens (tertiary/aromatic N) is 2. The normalized spacial score (nSPS) is 10.8. The Morgan fingerprint density at radius 2 is 1.79 bits per heavy atom. The SMILES string of the molecule is CCOc1ccc(-c2cc(CN)nn2-c2cc(C)ccc2C)cc1. The average Bonchev–Trinajstić information content (AvgIpc) is 3.02. The zero-order valence-corrected chi connectivity index (χ0v) is 14.4. The molecule has 3 rings (SSSR count). The Bertz CT molecular complexity index is 835. The fourth-order valence-electron chi connectivity index (χ4n) is 2.76. The lowest BCUT2D eigenvalue weighted by Crippen LogP contribution is -2.04. The van der Waals surface area contributed by atoms with Gasteiger partial charge in [0.25, 0.3) is 0 Å². The van der Waals surface area contributed by atoms with Crippen LogP contribution in [-0.2, 0) is 6.54 Å². The van der Waals surface area contributed by atoms with Crippen LogP contribution in [0.1, 0.15) is 23.7 Å². The number of nitrogens with two attached hydrogens (primary N) is 1. The summed E-state index contributed by atoms with van der Waals surface area (Å²) in [6.07, 6.45) is 0. The predicted octanol–water partition coefficient (Wildman–Crippen LogP) is 4.01. The lowest BCUT2D eigenvalue weighted by Gasteiger charge is -2.12. The first-order valence-electron chi connectivity index (χ1n) is 8.22. The first-order chi connectivity index (χ1) is 11.6. The molecule has 0 aliphatic carbocycles. The molecule has 2 aromatic carbocycles. The standard InChI is InChI=1S/C20H23N3O/c1-4-24-18-9-7-16(8-10-18)20-12-17(13-21)22-23(20)19-11-14(2)5-6-15(19)3/h5-12H,4,13,21H2,1-3H3. The molecule has 0 radical (unpaired) electrons. The van der Waals surface area contributed by atoms with Crippen LogP contribution in [0.15, 0.2) is 48.5 Å². The number of aromatic nitrogens is 2. The van der Waals surface area contributed by atoms with Crippen LogP contribution in [0.3, 0.4) is 0 Å². The molecule has 0 atom stereocenters. The molecule has 0 aliphatic rings.